The molecule has 1 heterocycles. The van der Waals surface area contributed by atoms with Crippen molar-refractivity contribution in [2.24, 2.45) is 0 Å². The number of aliphatic hydroxyl groups excluding tert-OH is 1. The van der Waals surface area contributed by atoms with E-state index in [2.05, 4.69) is 5.32 Å². The van der Waals surface area contributed by atoms with Gasteiger partial charge in [-0.1, -0.05) is 12.1 Å². The average Bonchev–Trinajstić information content (AvgIpc) is 2.61. The first kappa shape index (κ1) is 16.5. The fourth-order valence-electron chi connectivity index (χ4n) is 2.43. The Morgan fingerprint density at radius 3 is 2.75 bits per heavy atom. The predicted molar refractivity (Wildman–Crippen MR) is 87.0 cm³/mol. The summed E-state index contributed by atoms with van der Waals surface area (Å²) in [6.07, 6.45) is -0.674. The molecule has 0 radical (unpaired) electrons. The lowest BCUT2D eigenvalue weighted by Gasteiger charge is -2.21. The van der Waals surface area contributed by atoms with Crippen LogP contribution in [0.4, 0.5) is 4.39 Å². The van der Waals surface area contributed by atoms with E-state index in [4.69, 9.17) is 14.2 Å². The number of nitrogens with one attached hydrogen (secondary N) is 1. The van der Waals surface area contributed by atoms with Crippen molar-refractivity contribution >= 4 is 0 Å². The SMILES string of the molecule is O[C@@H](CNCc1cccc2c1OCCO2)COc1ccc(F)cc1. The maximum atomic E-state index is 12.8. The molecule has 2 aromatic rings. The van der Waals surface area contributed by atoms with Crippen LogP contribution in [-0.4, -0.2) is 37.6 Å². The number of hydrogen-bond acceptors (Lipinski definition) is 5. The summed E-state index contributed by atoms with van der Waals surface area (Å²) in [5, 5.41) is 13.1. The molecule has 1 atom stereocenters. The van der Waals surface area contributed by atoms with Gasteiger partial charge in [-0.15, -0.1) is 0 Å². The van der Waals surface area contributed by atoms with E-state index in [1.54, 1.807) is 0 Å². The van der Waals surface area contributed by atoms with E-state index in [1.807, 2.05) is 18.2 Å². The molecular formula is C18H20FNO4. The molecule has 0 amide bonds. The second-order valence-corrected chi connectivity index (χ2v) is 5.49. The van der Waals surface area contributed by atoms with Crippen molar-refractivity contribution in [1.82, 2.24) is 5.32 Å². The second kappa shape index (κ2) is 7.99. The standard InChI is InChI=1S/C18H20FNO4/c19-14-4-6-16(7-5-14)24-12-15(21)11-20-10-13-2-1-3-17-18(13)23-9-8-22-17/h1-7,15,20-21H,8-12H2/t15-/m0/s1. The van der Waals surface area contributed by atoms with Gasteiger partial charge in [0, 0.05) is 18.7 Å². The van der Waals surface area contributed by atoms with Gasteiger partial charge in [0.2, 0.25) is 0 Å². The summed E-state index contributed by atoms with van der Waals surface area (Å²) >= 11 is 0. The summed E-state index contributed by atoms with van der Waals surface area (Å²) in [6.45, 7) is 2.15. The third kappa shape index (κ3) is 4.37. The molecule has 3 rings (SSSR count). The first-order chi connectivity index (χ1) is 11.7. The van der Waals surface area contributed by atoms with E-state index >= 15 is 0 Å². The highest BCUT2D eigenvalue weighted by molar-refractivity contribution is 5.47. The Morgan fingerprint density at radius 1 is 1.12 bits per heavy atom. The monoisotopic (exact) mass is 333 g/mol. The van der Waals surface area contributed by atoms with Gasteiger partial charge in [0.1, 0.15) is 37.5 Å². The molecule has 0 aromatic heterocycles. The van der Waals surface area contributed by atoms with Crippen LogP contribution in [0.25, 0.3) is 0 Å². The summed E-state index contributed by atoms with van der Waals surface area (Å²) < 4.78 is 29.4. The molecule has 0 saturated heterocycles. The Bertz CT molecular complexity index is 663. The Labute approximate surface area is 140 Å². The lowest BCUT2D eigenvalue weighted by molar-refractivity contribution is 0.106. The molecule has 0 aliphatic carbocycles. The zero-order valence-corrected chi connectivity index (χ0v) is 13.2. The van der Waals surface area contributed by atoms with Gasteiger partial charge in [0.05, 0.1) is 0 Å². The molecule has 0 bridgehead atoms. The number of benzene rings is 2. The molecule has 5 nitrogen and oxygen atoms in total. The topological polar surface area (TPSA) is 60.0 Å². The van der Waals surface area contributed by atoms with Crippen molar-refractivity contribution in [3.05, 3.63) is 53.8 Å². The molecule has 0 unspecified atom stereocenters. The number of para-hydroxylation sites is 1. The Hall–Kier alpha value is -2.31. The molecule has 1 aliphatic heterocycles. The van der Waals surface area contributed by atoms with Crippen molar-refractivity contribution in [2.75, 3.05) is 26.4 Å². The van der Waals surface area contributed by atoms with Gasteiger partial charge in [-0.05, 0) is 30.3 Å². The fraction of sp³-hybridized carbons (Fsp3) is 0.333. The maximum Gasteiger partial charge on any atom is 0.165 e. The number of ether oxygens (including phenoxy) is 3. The summed E-state index contributed by atoms with van der Waals surface area (Å²) in [7, 11) is 0. The van der Waals surface area contributed by atoms with Gasteiger partial charge in [-0.25, -0.2) is 4.39 Å². The van der Waals surface area contributed by atoms with E-state index in [1.165, 1.54) is 24.3 Å². The van der Waals surface area contributed by atoms with E-state index in [9.17, 15) is 9.50 Å². The summed E-state index contributed by atoms with van der Waals surface area (Å²) in [5.41, 5.74) is 0.985. The van der Waals surface area contributed by atoms with Crippen LogP contribution in [0.15, 0.2) is 42.5 Å². The van der Waals surface area contributed by atoms with Crippen molar-refractivity contribution in [1.29, 1.82) is 0 Å². The van der Waals surface area contributed by atoms with Crippen LogP contribution in [0.3, 0.4) is 0 Å². The third-order valence-electron chi connectivity index (χ3n) is 3.60. The number of hydrogen-bond donors (Lipinski definition) is 2. The largest absolute Gasteiger partial charge is 0.491 e. The first-order valence-electron chi connectivity index (χ1n) is 7.87. The molecular weight excluding hydrogens is 313 g/mol. The van der Waals surface area contributed by atoms with Gasteiger partial charge in [0.15, 0.2) is 11.5 Å². The molecule has 24 heavy (non-hydrogen) atoms. The van der Waals surface area contributed by atoms with Crippen LogP contribution in [0.1, 0.15) is 5.56 Å². The molecule has 6 heteroatoms. The van der Waals surface area contributed by atoms with E-state index in [0.29, 0.717) is 32.1 Å². The Morgan fingerprint density at radius 2 is 1.92 bits per heavy atom. The van der Waals surface area contributed by atoms with Crippen LogP contribution in [-0.2, 0) is 6.54 Å². The predicted octanol–water partition coefficient (Wildman–Crippen LogP) is 2.13. The van der Waals surface area contributed by atoms with E-state index < -0.39 is 6.10 Å². The van der Waals surface area contributed by atoms with Gasteiger partial charge in [-0.2, -0.15) is 0 Å². The molecule has 0 saturated carbocycles. The van der Waals surface area contributed by atoms with Crippen molar-refractivity contribution in [2.45, 2.75) is 12.6 Å². The van der Waals surface area contributed by atoms with Gasteiger partial charge >= 0.3 is 0 Å². The number of fused-ring (bicyclic) bond motifs is 1. The van der Waals surface area contributed by atoms with Crippen LogP contribution in [0.2, 0.25) is 0 Å². The highest BCUT2D eigenvalue weighted by Crippen LogP contribution is 2.33. The molecule has 2 N–H and O–H groups in total. The van der Waals surface area contributed by atoms with Crippen molar-refractivity contribution in [3.63, 3.8) is 0 Å². The van der Waals surface area contributed by atoms with E-state index in [0.717, 1.165) is 17.1 Å². The molecule has 0 fully saturated rings. The molecule has 1 aliphatic rings. The van der Waals surface area contributed by atoms with Gasteiger partial charge < -0.3 is 24.6 Å². The van der Waals surface area contributed by atoms with Crippen molar-refractivity contribution in [3.8, 4) is 17.2 Å². The highest BCUT2D eigenvalue weighted by Gasteiger charge is 2.15. The Kier molecular flexibility index (Phi) is 5.51. The zero-order chi connectivity index (χ0) is 16.8. The minimum absolute atomic E-state index is 0.130. The number of aliphatic hydroxyl groups is 1. The Balaban J connectivity index is 1.44. The summed E-state index contributed by atoms with van der Waals surface area (Å²) in [6, 6.07) is 11.5. The van der Waals surface area contributed by atoms with Crippen LogP contribution in [0, 0.1) is 5.82 Å². The summed E-state index contributed by atoms with van der Waals surface area (Å²) in [4.78, 5) is 0. The van der Waals surface area contributed by atoms with Crippen LogP contribution < -0.4 is 19.5 Å². The normalized spacial score (nSPS) is 14.2. The van der Waals surface area contributed by atoms with Crippen LogP contribution >= 0.6 is 0 Å². The maximum absolute atomic E-state index is 12.8. The molecule has 2 aromatic carbocycles. The quantitative estimate of drug-likeness (QED) is 0.813. The molecule has 0 spiro atoms. The smallest absolute Gasteiger partial charge is 0.165 e. The number of rotatable bonds is 7. The highest BCUT2D eigenvalue weighted by atomic mass is 19.1. The molecule has 128 valence electrons. The lowest BCUT2D eigenvalue weighted by atomic mass is 10.1. The van der Waals surface area contributed by atoms with Crippen molar-refractivity contribution < 1.29 is 23.7 Å². The third-order valence-corrected chi connectivity index (χ3v) is 3.60. The average molecular weight is 333 g/mol. The second-order valence-electron chi connectivity index (χ2n) is 5.49. The number of halogens is 1. The van der Waals surface area contributed by atoms with Crippen LogP contribution in [0.5, 0.6) is 17.2 Å². The minimum atomic E-state index is -0.674. The van der Waals surface area contributed by atoms with E-state index in [-0.39, 0.29) is 12.4 Å². The summed E-state index contributed by atoms with van der Waals surface area (Å²) in [5.74, 6) is 1.72. The fourth-order valence-corrected chi connectivity index (χ4v) is 2.43. The van der Waals surface area contributed by atoms with Gasteiger partial charge in [-0.3, -0.25) is 0 Å². The van der Waals surface area contributed by atoms with Gasteiger partial charge in [0.25, 0.3) is 0 Å². The zero-order valence-electron chi connectivity index (χ0n) is 13.2. The minimum Gasteiger partial charge on any atom is -0.491 e. The lowest BCUT2D eigenvalue weighted by Crippen LogP contribution is -2.31. The first-order valence-corrected chi connectivity index (χ1v) is 7.87.